The molecule has 3 aromatic carbocycles. The van der Waals surface area contributed by atoms with Gasteiger partial charge in [-0.3, -0.25) is 0 Å². The highest BCUT2D eigenvalue weighted by Gasteiger charge is 2.15. The molecule has 1 aliphatic rings. The molecule has 10 heteroatoms. The number of nitrogens with zero attached hydrogens (tertiary/aromatic N) is 5. The molecule has 5 aromatic rings. The van der Waals surface area contributed by atoms with E-state index in [0.717, 1.165) is 11.6 Å². The Labute approximate surface area is 254 Å². The second kappa shape index (κ2) is 13.4. The van der Waals surface area contributed by atoms with Crippen molar-refractivity contribution in [1.29, 1.82) is 5.26 Å². The summed E-state index contributed by atoms with van der Waals surface area (Å²) < 4.78 is 41.6. The van der Waals surface area contributed by atoms with Crippen molar-refractivity contribution in [2.45, 2.75) is 19.4 Å². The van der Waals surface area contributed by atoms with E-state index in [0.29, 0.717) is 39.3 Å². The van der Waals surface area contributed by atoms with E-state index in [2.05, 4.69) is 21.9 Å². The van der Waals surface area contributed by atoms with Gasteiger partial charge in [0.1, 0.15) is 24.1 Å². The molecule has 3 heterocycles. The first-order valence-corrected chi connectivity index (χ1v) is 14.0. The van der Waals surface area contributed by atoms with Gasteiger partial charge in [-0.25, -0.2) is 23.5 Å². The number of hydrogen-bond donors (Lipinski definition) is 0. The molecular weight excluding hydrogens is 564 g/mol. The first-order valence-electron chi connectivity index (χ1n) is 14.0. The number of ether oxygens (including phenoxy) is 2. The lowest BCUT2D eigenvalue weighted by atomic mass is 10.1. The molecule has 1 fully saturated rings. The summed E-state index contributed by atoms with van der Waals surface area (Å²) in [6.07, 6.45) is 1.66. The van der Waals surface area contributed by atoms with Crippen molar-refractivity contribution in [3.05, 3.63) is 113 Å². The Bertz CT molecular complexity index is 1860. The lowest BCUT2D eigenvalue weighted by Crippen LogP contribution is -2.32. The van der Waals surface area contributed by atoms with E-state index in [9.17, 15) is 9.18 Å². The van der Waals surface area contributed by atoms with E-state index < -0.39 is 17.6 Å². The molecule has 0 bridgehead atoms. The zero-order chi connectivity index (χ0) is 31.2. The van der Waals surface area contributed by atoms with Crippen LogP contribution in [0.1, 0.15) is 39.3 Å². The van der Waals surface area contributed by atoms with Gasteiger partial charge >= 0.3 is 5.97 Å². The quantitative estimate of drug-likeness (QED) is 0.211. The maximum Gasteiger partial charge on any atom is 0.337 e. The summed E-state index contributed by atoms with van der Waals surface area (Å²) >= 11 is 0. The largest absolute Gasteiger partial charge is 0.473 e. The number of likely N-dealkylation sites (tertiary alicyclic amines) is 1. The van der Waals surface area contributed by atoms with Crippen LogP contribution in [0, 0.1) is 23.0 Å². The molecule has 6 rings (SSSR count). The normalized spacial score (nSPS) is 12.5. The zero-order valence-corrected chi connectivity index (χ0v) is 24.7. The predicted octanol–water partition coefficient (Wildman–Crippen LogP) is 6.06. The Morgan fingerprint density at radius 1 is 0.955 bits per heavy atom. The second-order valence-corrected chi connectivity index (χ2v) is 10.5. The highest BCUT2D eigenvalue weighted by atomic mass is 19.1. The lowest BCUT2D eigenvalue weighted by molar-refractivity contribution is 0.0601. The van der Waals surface area contributed by atoms with E-state index in [1.165, 1.54) is 44.8 Å². The predicted molar refractivity (Wildman–Crippen MR) is 162 cm³/mol. The Morgan fingerprint density at radius 3 is 2.36 bits per heavy atom. The van der Waals surface area contributed by atoms with Crippen molar-refractivity contribution in [3.8, 4) is 23.2 Å². The molecule has 0 aliphatic carbocycles. The van der Waals surface area contributed by atoms with Gasteiger partial charge in [0.2, 0.25) is 5.88 Å². The van der Waals surface area contributed by atoms with Gasteiger partial charge in [-0.1, -0.05) is 24.3 Å². The number of pyridine rings is 1. The Kier molecular flexibility index (Phi) is 9.26. The average molecular weight is 596 g/mol. The Hall–Kier alpha value is -5.14. The summed E-state index contributed by atoms with van der Waals surface area (Å²) in [5.74, 6) is -0.491. The van der Waals surface area contributed by atoms with Crippen molar-refractivity contribution in [3.63, 3.8) is 0 Å². The molecule has 1 aliphatic heterocycles. The van der Waals surface area contributed by atoms with Crippen LogP contribution in [-0.2, 0) is 24.8 Å². The number of nitriles is 1. The van der Waals surface area contributed by atoms with Gasteiger partial charge in [0, 0.05) is 30.7 Å². The number of benzene rings is 3. The molecule has 44 heavy (non-hydrogen) atoms. The summed E-state index contributed by atoms with van der Waals surface area (Å²) in [5.41, 5.74) is 3.87. The zero-order valence-electron chi connectivity index (χ0n) is 24.7. The van der Waals surface area contributed by atoms with Crippen LogP contribution in [0.4, 0.5) is 8.78 Å². The van der Waals surface area contributed by atoms with Gasteiger partial charge in [0.25, 0.3) is 0 Å². The summed E-state index contributed by atoms with van der Waals surface area (Å²) in [4.78, 5) is 23.2. The van der Waals surface area contributed by atoms with E-state index in [1.54, 1.807) is 48.5 Å². The smallest absolute Gasteiger partial charge is 0.337 e. The summed E-state index contributed by atoms with van der Waals surface area (Å²) in [7, 11) is 5.28. The lowest BCUT2D eigenvalue weighted by Gasteiger charge is -2.24. The number of aryl methyl sites for hydroxylation is 1. The van der Waals surface area contributed by atoms with E-state index >= 15 is 4.39 Å². The molecule has 0 saturated carbocycles. The molecule has 0 atom stereocenters. The minimum Gasteiger partial charge on any atom is -0.473 e. The molecule has 0 amide bonds. The molecule has 1 saturated heterocycles. The average Bonchev–Trinajstić information content (AvgIpc) is 3.34. The first-order chi connectivity index (χ1) is 21.2. The molecule has 0 spiro atoms. The van der Waals surface area contributed by atoms with Gasteiger partial charge in [0.15, 0.2) is 0 Å². The van der Waals surface area contributed by atoms with Crippen LogP contribution < -0.4 is 4.74 Å². The van der Waals surface area contributed by atoms with Gasteiger partial charge in [-0.2, -0.15) is 5.26 Å². The molecular formula is C34H31F2N5O3. The van der Waals surface area contributed by atoms with Crippen LogP contribution in [0.2, 0.25) is 0 Å². The Morgan fingerprint density at radius 2 is 1.70 bits per heavy atom. The van der Waals surface area contributed by atoms with E-state index in [1.807, 2.05) is 17.7 Å². The van der Waals surface area contributed by atoms with Crippen LogP contribution >= 0.6 is 0 Å². The highest BCUT2D eigenvalue weighted by Crippen LogP contribution is 2.25. The highest BCUT2D eigenvalue weighted by molar-refractivity contribution is 5.93. The van der Waals surface area contributed by atoms with Gasteiger partial charge < -0.3 is 18.9 Å². The minimum atomic E-state index is -0.535. The van der Waals surface area contributed by atoms with Crippen molar-refractivity contribution in [2.75, 3.05) is 27.2 Å². The summed E-state index contributed by atoms with van der Waals surface area (Å²) in [5, 5.41) is 8.88. The SMILES string of the molecule is CN1CCC1.COC(=O)c1ccc2nc(Cc3ccc(-c4cccc(OCc5ccc(C#N)cc5F)n4)cc3F)n(C)c2c1. The van der Waals surface area contributed by atoms with E-state index in [4.69, 9.17) is 14.7 Å². The van der Waals surface area contributed by atoms with Crippen LogP contribution in [0.5, 0.6) is 5.88 Å². The van der Waals surface area contributed by atoms with Crippen molar-refractivity contribution >= 4 is 17.0 Å². The summed E-state index contributed by atoms with van der Waals surface area (Å²) in [6.45, 7) is 2.57. The molecule has 0 radical (unpaired) electrons. The molecule has 8 nitrogen and oxygen atoms in total. The fraction of sp³-hybridized carbons (Fsp3) is 0.235. The third-order valence-corrected chi connectivity index (χ3v) is 7.45. The standard InChI is InChI=1S/C30H22F2N4O3.C4H9N/c1-36-27-14-21(30(37)38-2)10-11-26(27)34-28(36)15-19-8-9-20(13-24(19)32)25-4-3-5-29(35-25)39-17-22-7-6-18(16-33)12-23(22)31;1-5-3-2-4-5/h3-14H,15,17H2,1-2H3;2-4H2,1H3. The van der Waals surface area contributed by atoms with Gasteiger partial charge in [-0.05, 0) is 74.6 Å². The topological polar surface area (TPSA) is 93.3 Å². The van der Waals surface area contributed by atoms with Crippen LogP contribution in [-0.4, -0.2) is 52.7 Å². The maximum absolute atomic E-state index is 15.2. The minimum absolute atomic E-state index is 0.0690. The van der Waals surface area contributed by atoms with Gasteiger partial charge in [-0.15, -0.1) is 0 Å². The molecule has 0 unspecified atom stereocenters. The van der Waals surface area contributed by atoms with Crippen LogP contribution in [0.25, 0.3) is 22.3 Å². The maximum atomic E-state index is 15.2. The third-order valence-electron chi connectivity index (χ3n) is 7.45. The Balaban J connectivity index is 0.000000698. The number of esters is 1. The molecule has 224 valence electrons. The van der Waals surface area contributed by atoms with Crippen LogP contribution in [0.3, 0.4) is 0 Å². The number of halogens is 2. The van der Waals surface area contributed by atoms with E-state index in [-0.39, 0.29) is 24.5 Å². The van der Waals surface area contributed by atoms with Crippen molar-refractivity contribution in [2.24, 2.45) is 7.05 Å². The number of methoxy groups -OCH3 is 1. The van der Waals surface area contributed by atoms with Crippen molar-refractivity contribution in [1.82, 2.24) is 19.4 Å². The summed E-state index contributed by atoms with van der Waals surface area (Å²) in [6, 6.07) is 21.1. The number of aromatic nitrogens is 3. The third kappa shape index (κ3) is 6.90. The fourth-order valence-electron chi connectivity index (χ4n) is 4.68. The number of imidazole rings is 1. The number of rotatable bonds is 7. The number of carbonyl (C=O) groups is 1. The van der Waals surface area contributed by atoms with Gasteiger partial charge in [0.05, 0.1) is 41.0 Å². The monoisotopic (exact) mass is 595 g/mol. The number of hydrogen-bond acceptors (Lipinski definition) is 7. The molecule has 2 aromatic heterocycles. The second-order valence-electron chi connectivity index (χ2n) is 10.5. The number of carbonyl (C=O) groups excluding carboxylic acids is 1. The molecule has 0 N–H and O–H groups in total. The first kappa shape index (κ1) is 30.3. The van der Waals surface area contributed by atoms with Crippen LogP contribution in [0.15, 0.2) is 72.8 Å². The number of fused-ring (bicyclic) bond motifs is 1. The fourth-order valence-corrected chi connectivity index (χ4v) is 4.68. The van der Waals surface area contributed by atoms with Crippen molar-refractivity contribution < 1.29 is 23.0 Å².